The molecule has 18 heteroatoms. The van der Waals surface area contributed by atoms with Gasteiger partial charge in [-0.2, -0.15) is 10.2 Å². The van der Waals surface area contributed by atoms with Crippen LogP contribution in [0.2, 0.25) is 0 Å². The number of fused-ring (bicyclic) bond motifs is 3. The Balaban J connectivity index is 0.864. The molecule has 7 heterocycles. The van der Waals surface area contributed by atoms with E-state index >= 15 is 0 Å². The van der Waals surface area contributed by atoms with Crippen molar-refractivity contribution in [3.63, 3.8) is 0 Å². The van der Waals surface area contributed by atoms with Gasteiger partial charge in [-0.05, 0) is 73.9 Å². The van der Waals surface area contributed by atoms with Crippen LogP contribution in [0.5, 0.6) is 0 Å². The van der Waals surface area contributed by atoms with E-state index < -0.39 is 36.1 Å². The number of hydrogen-bond acceptors (Lipinski definition) is 10. The summed E-state index contributed by atoms with van der Waals surface area (Å²) in [4.78, 5) is 83.6. The number of anilines is 3. The molecule has 1 unspecified atom stereocenters. The Bertz CT molecular complexity index is 2510. The number of aryl methyl sites for hydroxylation is 2. The first kappa shape index (κ1) is 40.9. The molecule has 0 bridgehead atoms. The normalized spacial score (nSPS) is 19.2. The molecule has 5 aliphatic heterocycles. The lowest BCUT2D eigenvalue weighted by molar-refractivity contribution is -0.136. The SMILES string of the molecule is CC(=O)N1CCc2c(c(N3CCCc4cc(-c5cnn(C)c5)c(C(F)F)cc43)nn2C2CCN(C(=O)CCCNc3cccc4c3C(=O)N(C3CCC(=O)NC3=O)C4=O)CC2)C1. The molecule has 2 fully saturated rings. The zero-order chi connectivity index (χ0) is 43.4. The second-order valence-corrected chi connectivity index (χ2v) is 16.7. The van der Waals surface area contributed by atoms with E-state index in [1.807, 2.05) is 11.0 Å². The largest absolute Gasteiger partial charge is 0.384 e. The van der Waals surface area contributed by atoms with Gasteiger partial charge in [0, 0.05) is 106 Å². The standard InChI is InChI=1S/C44H48F2N10O6/c1-25(57)53-19-14-34-32(24-53)41(54-16-5-6-26-20-30(27-22-48-51(2)23-27)31(40(45)46)21-36(26)54)50-56(34)28-12-17-52(18-13-28)38(59)9-4-15-47-33-8-3-7-29-39(33)44(62)55(43(29)61)35-10-11-37(58)49-42(35)60/h3,7-8,20-23,28,35,40,47H,4-6,9-19,24H2,1-2H3,(H,49,58,60). The fraction of sp³-hybridized carbons (Fsp3) is 0.455. The molecular weight excluding hydrogens is 803 g/mol. The Kier molecular flexibility index (Phi) is 10.8. The quantitative estimate of drug-likeness (QED) is 0.169. The van der Waals surface area contributed by atoms with Gasteiger partial charge in [-0.25, -0.2) is 8.78 Å². The van der Waals surface area contributed by atoms with Crippen molar-refractivity contribution in [2.45, 2.75) is 89.8 Å². The Morgan fingerprint density at radius 2 is 1.76 bits per heavy atom. The van der Waals surface area contributed by atoms with E-state index in [9.17, 15) is 37.5 Å². The number of carbonyl (C=O) groups is 6. The van der Waals surface area contributed by atoms with Crippen LogP contribution in [0.1, 0.15) is 107 Å². The average Bonchev–Trinajstić information content (AvgIpc) is 3.95. The molecule has 16 nitrogen and oxygen atoms in total. The fourth-order valence-corrected chi connectivity index (χ4v) is 9.72. The number of benzene rings is 2. The van der Waals surface area contributed by atoms with Crippen molar-refractivity contribution in [1.82, 2.24) is 39.6 Å². The van der Waals surface area contributed by atoms with E-state index in [1.54, 1.807) is 54.1 Å². The van der Waals surface area contributed by atoms with Gasteiger partial charge in [0.2, 0.25) is 23.6 Å². The molecule has 6 amide bonds. The number of amides is 6. The number of nitrogens with one attached hydrogen (secondary N) is 2. The molecule has 62 heavy (non-hydrogen) atoms. The summed E-state index contributed by atoms with van der Waals surface area (Å²) >= 11 is 0. The molecular formula is C44H48F2N10O6. The van der Waals surface area contributed by atoms with E-state index in [2.05, 4.69) is 25.3 Å². The number of hydrogen-bond donors (Lipinski definition) is 2. The lowest BCUT2D eigenvalue weighted by atomic mass is 9.92. The zero-order valence-electron chi connectivity index (χ0n) is 34.7. The monoisotopic (exact) mass is 850 g/mol. The molecule has 9 rings (SSSR count). The highest BCUT2D eigenvalue weighted by atomic mass is 19.3. The number of aromatic nitrogens is 4. The first-order chi connectivity index (χ1) is 29.9. The van der Waals surface area contributed by atoms with E-state index in [0.29, 0.717) is 93.3 Å². The van der Waals surface area contributed by atoms with Gasteiger partial charge in [-0.3, -0.25) is 48.3 Å². The van der Waals surface area contributed by atoms with Gasteiger partial charge in [0.1, 0.15) is 6.04 Å². The minimum atomic E-state index is -2.70. The van der Waals surface area contributed by atoms with Gasteiger partial charge in [0.05, 0.1) is 29.9 Å². The fourth-order valence-electron chi connectivity index (χ4n) is 9.72. The van der Waals surface area contributed by atoms with Gasteiger partial charge >= 0.3 is 0 Å². The third-order valence-electron chi connectivity index (χ3n) is 12.9. The first-order valence-electron chi connectivity index (χ1n) is 21.3. The summed E-state index contributed by atoms with van der Waals surface area (Å²) in [6.45, 7) is 4.49. The number of alkyl halides is 2. The van der Waals surface area contributed by atoms with Crippen LogP contribution in [0.15, 0.2) is 42.7 Å². The summed E-state index contributed by atoms with van der Waals surface area (Å²) in [5.41, 5.74) is 5.45. The summed E-state index contributed by atoms with van der Waals surface area (Å²) in [6.07, 6.45) is 4.96. The zero-order valence-corrected chi connectivity index (χ0v) is 34.7. The van der Waals surface area contributed by atoms with Crippen molar-refractivity contribution in [2.24, 2.45) is 7.05 Å². The van der Waals surface area contributed by atoms with Crippen molar-refractivity contribution >= 4 is 52.6 Å². The number of nitrogens with zero attached hydrogens (tertiary/aromatic N) is 8. The van der Waals surface area contributed by atoms with Gasteiger partial charge in [0.15, 0.2) is 5.82 Å². The Morgan fingerprint density at radius 1 is 0.952 bits per heavy atom. The smallest absolute Gasteiger partial charge is 0.264 e. The third-order valence-corrected chi connectivity index (χ3v) is 12.9. The van der Waals surface area contributed by atoms with Crippen molar-refractivity contribution in [1.29, 1.82) is 0 Å². The second kappa shape index (κ2) is 16.4. The lowest BCUT2D eigenvalue weighted by Gasteiger charge is -2.34. The van der Waals surface area contributed by atoms with Gasteiger partial charge < -0.3 is 20.0 Å². The Hall–Kier alpha value is -6.46. The minimum Gasteiger partial charge on any atom is -0.384 e. The van der Waals surface area contributed by atoms with Crippen LogP contribution in [-0.4, -0.2) is 108 Å². The maximum absolute atomic E-state index is 14.7. The van der Waals surface area contributed by atoms with Crippen molar-refractivity contribution in [2.75, 3.05) is 42.9 Å². The van der Waals surface area contributed by atoms with Crippen molar-refractivity contribution < 1.29 is 37.5 Å². The van der Waals surface area contributed by atoms with Crippen LogP contribution in [0.25, 0.3) is 11.1 Å². The van der Waals surface area contributed by atoms with Crippen LogP contribution < -0.4 is 15.5 Å². The van der Waals surface area contributed by atoms with Crippen LogP contribution in [-0.2, 0) is 45.6 Å². The predicted molar refractivity (Wildman–Crippen MR) is 222 cm³/mol. The van der Waals surface area contributed by atoms with Crippen LogP contribution in [0.3, 0.4) is 0 Å². The molecule has 5 aliphatic rings. The summed E-state index contributed by atoms with van der Waals surface area (Å²) in [7, 11) is 1.76. The highest BCUT2D eigenvalue weighted by Gasteiger charge is 2.45. The van der Waals surface area contributed by atoms with Gasteiger partial charge in [-0.15, -0.1) is 0 Å². The number of rotatable bonds is 10. The third kappa shape index (κ3) is 7.38. The molecule has 0 spiro atoms. The highest BCUT2D eigenvalue weighted by Crippen LogP contribution is 2.44. The molecule has 2 aromatic carbocycles. The first-order valence-corrected chi connectivity index (χ1v) is 21.3. The van der Waals surface area contributed by atoms with Crippen LogP contribution in [0.4, 0.5) is 26.0 Å². The molecule has 1 atom stereocenters. The number of carbonyl (C=O) groups excluding carboxylic acids is 6. The van der Waals surface area contributed by atoms with E-state index in [0.717, 1.165) is 34.6 Å². The summed E-state index contributed by atoms with van der Waals surface area (Å²) in [5.74, 6) is -1.64. The molecule has 2 N–H and O–H groups in total. The van der Waals surface area contributed by atoms with Crippen LogP contribution >= 0.6 is 0 Å². The average molecular weight is 851 g/mol. The number of piperidine rings is 2. The molecule has 2 saturated heterocycles. The predicted octanol–water partition coefficient (Wildman–Crippen LogP) is 4.67. The molecule has 4 aromatic rings. The number of halogens is 2. The van der Waals surface area contributed by atoms with E-state index in [1.165, 1.54) is 6.07 Å². The Labute approximate surface area is 356 Å². The number of imide groups is 2. The second-order valence-electron chi connectivity index (χ2n) is 16.7. The van der Waals surface area contributed by atoms with Crippen molar-refractivity contribution in [3.05, 3.63) is 76.2 Å². The summed E-state index contributed by atoms with van der Waals surface area (Å²) < 4.78 is 33.1. The minimum absolute atomic E-state index is 0.00102. The van der Waals surface area contributed by atoms with E-state index in [4.69, 9.17) is 5.10 Å². The molecule has 0 saturated carbocycles. The summed E-state index contributed by atoms with van der Waals surface area (Å²) in [5, 5.41) is 14.9. The number of likely N-dealkylation sites (tertiary alicyclic amines) is 1. The molecule has 0 aliphatic carbocycles. The maximum Gasteiger partial charge on any atom is 0.264 e. The molecule has 0 radical (unpaired) electrons. The topological polar surface area (TPSA) is 175 Å². The van der Waals surface area contributed by atoms with Gasteiger partial charge in [-0.1, -0.05) is 6.07 Å². The maximum atomic E-state index is 14.7. The van der Waals surface area contributed by atoms with Crippen molar-refractivity contribution in [3.8, 4) is 11.1 Å². The lowest BCUT2D eigenvalue weighted by Crippen LogP contribution is -2.54. The van der Waals surface area contributed by atoms with E-state index in [-0.39, 0.29) is 53.8 Å². The molecule has 2 aromatic heterocycles. The summed E-state index contributed by atoms with van der Waals surface area (Å²) in [6, 6.07) is 7.29. The van der Waals surface area contributed by atoms with Gasteiger partial charge in [0.25, 0.3) is 18.2 Å². The Morgan fingerprint density at radius 3 is 2.48 bits per heavy atom. The highest BCUT2D eigenvalue weighted by molar-refractivity contribution is 6.25. The van der Waals surface area contributed by atoms with Crippen LogP contribution in [0, 0.1) is 0 Å². The molecule has 324 valence electrons.